The molecule has 1 atom stereocenters. The van der Waals surface area contributed by atoms with Crippen molar-refractivity contribution >= 4 is 29.9 Å². The maximum absolute atomic E-state index is 4.35. The molecule has 1 saturated heterocycles. The van der Waals surface area contributed by atoms with Gasteiger partial charge in [-0.3, -0.25) is 4.99 Å². The van der Waals surface area contributed by atoms with Crippen molar-refractivity contribution in [2.24, 2.45) is 10.9 Å². The Morgan fingerprint density at radius 2 is 1.82 bits per heavy atom. The van der Waals surface area contributed by atoms with Crippen LogP contribution in [-0.4, -0.2) is 75.2 Å². The summed E-state index contributed by atoms with van der Waals surface area (Å²) < 4.78 is 0. The molecule has 0 aromatic heterocycles. The third kappa shape index (κ3) is 7.00. The van der Waals surface area contributed by atoms with Crippen molar-refractivity contribution in [3.8, 4) is 0 Å². The lowest BCUT2D eigenvalue weighted by Gasteiger charge is -2.34. The lowest BCUT2D eigenvalue weighted by molar-refractivity contribution is 0.139. The van der Waals surface area contributed by atoms with Gasteiger partial charge in [0.15, 0.2) is 5.96 Å². The number of nitrogens with one attached hydrogen (secondary N) is 2. The predicted molar refractivity (Wildman–Crippen MR) is 105 cm³/mol. The fourth-order valence-corrected chi connectivity index (χ4v) is 3.26. The maximum atomic E-state index is 4.35. The van der Waals surface area contributed by atoms with Crippen molar-refractivity contribution in [2.45, 2.75) is 38.6 Å². The molecule has 2 N–H and O–H groups in total. The molecule has 2 rings (SSSR count). The number of halogens is 1. The highest BCUT2D eigenvalue weighted by Gasteiger charge is 2.18. The van der Waals surface area contributed by atoms with Gasteiger partial charge in [-0.25, -0.2) is 0 Å². The van der Waals surface area contributed by atoms with Gasteiger partial charge >= 0.3 is 0 Å². The van der Waals surface area contributed by atoms with Crippen LogP contribution >= 0.6 is 24.0 Å². The number of guanidine groups is 1. The van der Waals surface area contributed by atoms with E-state index in [0.717, 1.165) is 12.5 Å². The van der Waals surface area contributed by atoms with Crippen molar-refractivity contribution < 1.29 is 0 Å². The minimum atomic E-state index is 0. The molecule has 2 fully saturated rings. The van der Waals surface area contributed by atoms with E-state index < -0.39 is 0 Å². The SMILES string of the molecule is CN=C(NCC(C)CN1CCN(C)CC1)NC1CCCC1.I. The van der Waals surface area contributed by atoms with Crippen molar-refractivity contribution in [2.75, 3.05) is 53.4 Å². The van der Waals surface area contributed by atoms with Crippen LogP contribution in [0.3, 0.4) is 0 Å². The third-order valence-electron chi connectivity index (χ3n) is 4.70. The van der Waals surface area contributed by atoms with Crippen molar-refractivity contribution in [3.05, 3.63) is 0 Å². The smallest absolute Gasteiger partial charge is 0.191 e. The first kappa shape index (κ1) is 20.0. The Bertz CT molecular complexity index is 322. The molecule has 2 aliphatic rings. The standard InChI is InChI=1S/C16H33N5.HI/c1-14(13-21-10-8-20(3)9-11-21)12-18-16(17-2)19-15-6-4-5-7-15;/h14-15H,4-13H2,1-3H3,(H2,17,18,19);1H. The molecule has 22 heavy (non-hydrogen) atoms. The normalized spacial score (nSPS) is 23.1. The average molecular weight is 423 g/mol. The Morgan fingerprint density at radius 1 is 1.18 bits per heavy atom. The Hall–Kier alpha value is -0.0800. The van der Waals surface area contributed by atoms with E-state index in [9.17, 15) is 0 Å². The van der Waals surface area contributed by atoms with E-state index in [4.69, 9.17) is 0 Å². The van der Waals surface area contributed by atoms with E-state index in [2.05, 4.69) is 39.4 Å². The zero-order valence-electron chi connectivity index (χ0n) is 14.5. The zero-order valence-corrected chi connectivity index (χ0v) is 16.8. The van der Waals surface area contributed by atoms with Gasteiger partial charge in [-0.15, -0.1) is 24.0 Å². The summed E-state index contributed by atoms with van der Waals surface area (Å²) in [5, 5.41) is 7.05. The fourth-order valence-electron chi connectivity index (χ4n) is 3.26. The largest absolute Gasteiger partial charge is 0.356 e. The highest BCUT2D eigenvalue weighted by Crippen LogP contribution is 2.17. The van der Waals surface area contributed by atoms with Crippen LogP contribution in [0.1, 0.15) is 32.6 Å². The molecule has 0 amide bonds. The van der Waals surface area contributed by atoms with Gasteiger partial charge in [0.25, 0.3) is 0 Å². The van der Waals surface area contributed by atoms with Crippen LogP contribution in [0.25, 0.3) is 0 Å². The molecule has 1 saturated carbocycles. The summed E-state index contributed by atoms with van der Waals surface area (Å²) >= 11 is 0. The van der Waals surface area contributed by atoms with E-state index in [1.807, 2.05) is 7.05 Å². The molecule has 0 aromatic rings. The molecule has 130 valence electrons. The van der Waals surface area contributed by atoms with Gasteiger partial charge in [-0.1, -0.05) is 19.8 Å². The second kappa shape index (κ2) is 10.6. The second-order valence-electron chi connectivity index (χ2n) is 6.79. The van der Waals surface area contributed by atoms with E-state index in [1.54, 1.807) is 0 Å². The summed E-state index contributed by atoms with van der Waals surface area (Å²) in [6.45, 7) is 9.32. The molecule has 5 nitrogen and oxygen atoms in total. The van der Waals surface area contributed by atoms with Gasteiger partial charge in [0.1, 0.15) is 0 Å². The lowest BCUT2D eigenvalue weighted by atomic mass is 10.1. The second-order valence-corrected chi connectivity index (χ2v) is 6.79. The van der Waals surface area contributed by atoms with Gasteiger partial charge in [-0.2, -0.15) is 0 Å². The van der Waals surface area contributed by atoms with Crippen molar-refractivity contribution in [1.29, 1.82) is 0 Å². The van der Waals surface area contributed by atoms with Crippen LogP contribution in [0.5, 0.6) is 0 Å². The Labute approximate surface area is 153 Å². The highest BCUT2D eigenvalue weighted by molar-refractivity contribution is 14.0. The lowest BCUT2D eigenvalue weighted by Crippen LogP contribution is -2.48. The third-order valence-corrected chi connectivity index (χ3v) is 4.70. The molecule has 0 aromatic carbocycles. The van der Waals surface area contributed by atoms with Crippen LogP contribution < -0.4 is 10.6 Å². The summed E-state index contributed by atoms with van der Waals surface area (Å²) in [4.78, 5) is 9.35. The molecule has 6 heteroatoms. The van der Waals surface area contributed by atoms with Gasteiger partial charge in [0.05, 0.1) is 0 Å². The van der Waals surface area contributed by atoms with Gasteiger partial charge < -0.3 is 20.4 Å². The number of piperazine rings is 1. The summed E-state index contributed by atoms with van der Waals surface area (Å²) in [6, 6.07) is 0.629. The van der Waals surface area contributed by atoms with Gasteiger partial charge in [0.2, 0.25) is 0 Å². The topological polar surface area (TPSA) is 42.9 Å². The van der Waals surface area contributed by atoms with Crippen LogP contribution in [0.2, 0.25) is 0 Å². The molecule has 0 bridgehead atoms. The number of nitrogens with zero attached hydrogens (tertiary/aromatic N) is 3. The summed E-state index contributed by atoms with van der Waals surface area (Å²) in [7, 11) is 4.08. The first-order valence-corrected chi connectivity index (χ1v) is 8.55. The van der Waals surface area contributed by atoms with Gasteiger partial charge in [-0.05, 0) is 25.8 Å². The zero-order chi connectivity index (χ0) is 15.1. The quantitative estimate of drug-likeness (QED) is 0.401. The average Bonchev–Trinajstić information content (AvgIpc) is 2.99. The first-order valence-electron chi connectivity index (χ1n) is 8.55. The number of hydrogen-bond acceptors (Lipinski definition) is 3. The molecule has 0 spiro atoms. The summed E-state index contributed by atoms with van der Waals surface area (Å²) in [5.74, 6) is 1.63. The molecule has 0 radical (unpaired) electrons. The van der Waals surface area contributed by atoms with Crippen LogP contribution in [-0.2, 0) is 0 Å². The highest BCUT2D eigenvalue weighted by atomic mass is 127. The molecule has 1 unspecified atom stereocenters. The molecule has 1 aliphatic heterocycles. The number of hydrogen-bond donors (Lipinski definition) is 2. The van der Waals surface area contributed by atoms with Crippen LogP contribution in [0.15, 0.2) is 4.99 Å². The number of rotatable bonds is 5. The fraction of sp³-hybridized carbons (Fsp3) is 0.938. The number of aliphatic imine (C=N–C) groups is 1. The van der Waals surface area contributed by atoms with E-state index in [1.165, 1.54) is 58.4 Å². The minimum absolute atomic E-state index is 0. The Balaban J connectivity index is 0.00000242. The summed E-state index contributed by atoms with van der Waals surface area (Å²) in [6.07, 6.45) is 5.29. The molecular formula is C16H34IN5. The van der Waals surface area contributed by atoms with E-state index in [0.29, 0.717) is 12.0 Å². The van der Waals surface area contributed by atoms with Gasteiger partial charge in [0, 0.05) is 52.4 Å². The minimum Gasteiger partial charge on any atom is -0.356 e. The number of likely N-dealkylation sites (N-methyl/N-ethyl adjacent to an activating group) is 1. The van der Waals surface area contributed by atoms with Crippen LogP contribution in [0.4, 0.5) is 0 Å². The predicted octanol–water partition coefficient (Wildman–Crippen LogP) is 1.60. The van der Waals surface area contributed by atoms with E-state index >= 15 is 0 Å². The Morgan fingerprint density at radius 3 is 2.41 bits per heavy atom. The van der Waals surface area contributed by atoms with Crippen molar-refractivity contribution in [3.63, 3.8) is 0 Å². The van der Waals surface area contributed by atoms with Crippen molar-refractivity contribution in [1.82, 2.24) is 20.4 Å². The van der Waals surface area contributed by atoms with Crippen LogP contribution in [0, 0.1) is 5.92 Å². The first-order chi connectivity index (χ1) is 10.2. The Kier molecular flexibility index (Phi) is 9.66. The molecule has 1 heterocycles. The van der Waals surface area contributed by atoms with E-state index in [-0.39, 0.29) is 24.0 Å². The maximum Gasteiger partial charge on any atom is 0.191 e. The molecule has 1 aliphatic carbocycles. The monoisotopic (exact) mass is 423 g/mol. The molecular weight excluding hydrogens is 389 g/mol. The summed E-state index contributed by atoms with van der Waals surface area (Å²) in [5.41, 5.74) is 0.